The number of hydrogen-bond acceptors (Lipinski definition) is 5. The fourth-order valence-corrected chi connectivity index (χ4v) is 1.76. The maximum absolute atomic E-state index is 11.7. The molecule has 19 heavy (non-hydrogen) atoms. The number of aromatic nitrogens is 1. The zero-order valence-corrected chi connectivity index (χ0v) is 11.7. The average molecular weight is 266 g/mol. The van der Waals surface area contributed by atoms with Gasteiger partial charge >= 0.3 is 0 Å². The second kappa shape index (κ2) is 7.70. The lowest BCUT2D eigenvalue weighted by Crippen LogP contribution is -2.38. The molecular weight excluding hydrogens is 244 g/mol. The number of nitrogens with zero attached hydrogens (tertiary/aromatic N) is 2. The van der Waals surface area contributed by atoms with Gasteiger partial charge in [-0.3, -0.25) is 9.78 Å². The predicted molar refractivity (Wildman–Crippen MR) is 75.4 cm³/mol. The first-order chi connectivity index (χ1) is 9.08. The van der Waals surface area contributed by atoms with E-state index in [-0.39, 0.29) is 11.9 Å². The van der Waals surface area contributed by atoms with Crippen LogP contribution in [0.15, 0.2) is 18.3 Å². The van der Waals surface area contributed by atoms with E-state index in [1.807, 2.05) is 24.9 Å². The SMILES string of the molecule is CCNC(=O)c1cc(N(C)CC(N)COC)ccn1. The quantitative estimate of drug-likeness (QED) is 0.739. The summed E-state index contributed by atoms with van der Waals surface area (Å²) in [5.74, 6) is -0.168. The van der Waals surface area contributed by atoms with E-state index in [2.05, 4.69) is 10.3 Å². The Morgan fingerprint density at radius 3 is 3.00 bits per heavy atom. The van der Waals surface area contributed by atoms with Crippen molar-refractivity contribution in [3.63, 3.8) is 0 Å². The molecule has 0 fully saturated rings. The van der Waals surface area contributed by atoms with E-state index in [1.54, 1.807) is 19.4 Å². The molecule has 0 bridgehead atoms. The Morgan fingerprint density at radius 2 is 2.37 bits per heavy atom. The fraction of sp³-hybridized carbons (Fsp3) is 0.538. The third-order valence-electron chi connectivity index (χ3n) is 2.64. The van der Waals surface area contributed by atoms with Crippen LogP contribution in [0.5, 0.6) is 0 Å². The van der Waals surface area contributed by atoms with Crippen molar-refractivity contribution in [1.29, 1.82) is 0 Å². The van der Waals surface area contributed by atoms with Gasteiger partial charge in [0.15, 0.2) is 0 Å². The minimum atomic E-state index is -0.168. The Hall–Kier alpha value is -1.66. The van der Waals surface area contributed by atoms with Gasteiger partial charge in [0.2, 0.25) is 0 Å². The lowest BCUT2D eigenvalue weighted by atomic mass is 10.2. The van der Waals surface area contributed by atoms with Crippen molar-refractivity contribution in [2.75, 3.05) is 38.8 Å². The summed E-state index contributed by atoms with van der Waals surface area (Å²) in [7, 11) is 3.55. The maximum atomic E-state index is 11.7. The molecule has 106 valence electrons. The summed E-state index contributed by atoms with van der Waals surface area (Å²) < 4.78 is 5.01. The molecule has 0 radical (unpaired) electrons. The molecule has 0 saturated heterocycles. The largest absolute Gasteiger partial charge is 0.383 e. The van der Waals surface area contributed by atoms with Crippen LogP contribution in [0.1, 0.15) is 17.4 Å². The normalized spacial score (nSPS) is 12.0. The number of pyridine rings is 1. The molecule has 0 aliphatic heterocycles. The Balaban J connectivity index is 2.72. The number of anilines is 1. The number of rotatable bonds is 7. The second-order valence-corrected chi connectivity index (χ2v) is 4.35. The summed E-state index contributed by atoms with van der Waals surface area (Å²) in [6.45, 7) is 3.60. The molecule has 0 aliphatic rings. The summed E-state index contributed by atoms with van der Waals surface area (Å²) >= 11 is 0. The summed E-state index contributed by atoms with van der Waals surface area (Å²) in [5.41, 5.74) is 7.22. The number of likely N-dealkylation sites (N-methyl/N-ethyl adjacent to an activating group) is 1. The fourth-order valence-electron chi connectivity index (χ4n) is 1.76. The van der Waals surface area contributed by atoms with Gasteiger partial charge in [0.05, 0.1) is 6.61 Å². The van der Waals surface area contributed by atoms with Crippen molar-refractivity contribution < 1.29 is 9.53 Å². The Kier molecular flexibility index (Phi) is 6.24. The molecule has 6 nitrogen and oxygen atoms in total. The van der Waals surface area contributed by atoms with Crippen molar-refractivity contribution in [3.05, 3.63) is 24.0 Å². The highest BCUT2D eigenvalue weighted by atomic mass is 16.5. The number of nitrogens with two attached hydrogens (primary N) is 1. The molecule has 0 aliphatic carbocycles. The predicted octanol–water partition coefficient (Wildman–Crippen LogP) is 0.241. The van der Waals surface area contributed by atoms with E-state index in [4.69, 9.17) is 10.5 Å². The van der Waals surface area contributed by atoms with Crippen LogP contribution in [0.4, 0.5) is 5.69 Å². The highest BCUT2D eigenvalue weighted by Crippen LogP contribution is 2.13. The van der Waals surface area contributed by atoms with Crippen molar-refractivity contribution in [2.45, 2.75) is 13.0 Å². The highest BCUT2D eigenvalue weighted by molar-refractivity contribution is 5.93. The molecule has 0 aromatic carbocycles. The minimum Gasteiger partial charge on any atom is -0.383 e. The van der Waals surface area contributed by atoms with Crippen molar-refractivity contribution in [1.82, 2.24) is 10.3 Å². The van der Waals surface area contributed by atoms with E-state index in [9.17, 15) is 4.79 Å². The molecule has 1 atom stereocenters. The molecule has 1 aromatic heterocycles. The van der Waals surface area contributed by atoms with Gasteiger partial charge in [0.25, 0.3) is 5.91 Å². The van der Waals surface area contributed by atoms with E-state index in [0.29, 0.717) is 25.4 Å². The number of carbonyl (C=O) groups excluding carboxylic acids is 1. The molecule has 1 unspecified atom stereocenters. The molecule has 6 heteroatoms. The van der Waals surface area contributed by atoms with E-state index >= 15 is 0 Å². The lowest BCUT2D eigenvalue weighted by molar-refractivity contribution is 0.0951. The number of nitrogens with one attached hydrogen (secondary N) is 1. The van der Waals surface area contributed by atoms with Crippen molar-refractivity contribution >= 4 is 11.6 Å². The van der Waals surface area contributed by atoms with E-state index in [0.717, 1.165) is 5.69 Å². The molecule has 0 saturated carbocycles. The summed E-state index contributed by atoms with van der Waals surface area (Å²) in [5, 5.41) is 2.72. The Labute approximate surface area is 113 Å². The van der Waals surface area contributed by atoms with Crippen molar-refractivity contribution in [3.8, 4) is 0 Å². The van der Waals surface area contributed by atoms with Crippen LogP contribution in [0.25, 0.3) is 0 Å². The van der Waals surface area contributed by atoms with Gasteiger partial charge in [-0.2, -0.15) is 0 Å². The van der Waals surface area contributed by atoms with Gasteiger partial charge in [-0.25, -0.2) is 0 Å². The number of ether oxygens (including phenoxy) is 1. The minimum absolute atomic E-state index is 0.0731. The number of hydrogen-bond donors (Lipinski definition) is 2. The Bertz CT molecular complexity index is 411. The molecule has 1 aromatic rings. The second-order valence-electron chi connectivity index (χ2n) is 4.35. The van der Waals surface area contributed by atoms with Gasteiger partial charge in [-0.1, -0.05) is 0 Å². The van der Waals surface area contributed by atoms with Crippen LogP contribution < -0.4 is 16.0 Å². The maximum Gasteiger partial charge on any atom is 0.269 e. The van der Waals surface area contributed by atoms with Crippen LogP contribution in [0.2, 0.25) is 0 Å². The average Bonchev–Trinajstić information content (AvgIpc) is 2.39. The Morgan fingerprint density at radius 1 is 1.63 bits per heavy atom. The lowest BCUT2D eigenvalue weighted by Gasteiger charge is -2.23. The third kappa shape index (κ3) is 4.84. The monoisotopic (exact) mass is 266 g/mol. The summed E-state index contributed by atoms with van der Waals surface area (Å²) in [6, 6.07) is 3.53. The van der Waals surface area contributed by atoms with Crippen LogP contribution in [0.3, 0.4) is 0 Å². The molecule has 1 heterocycles. The van der Waals surface area contributed by atoms with Gasteiger partial charge in [0, 0.05) is 45.2 Å². The van der Waals surface area contributed by atoms with E-state index < -0.39 is 0 Å². The highest BCUT2D eigenvalue weighted by Gasteiger charge is 2.11. The zero-order valence-electron chi connectivity index (χ0n) is 11.7. The molecule has 0 spiro atoms. The topological polar surface area (TPSA) is 80.5 Å². The summed E-state index contributed by atoms with van der Waals surface area (Å²) in [6.07, 6.45) is 1.62. The standard InChI is InChI=1S/C13H22N4O2/c1-4-15-13(18)12-7-11(5-6-16-12)17(2)8-10(14)9-19-3/h5-7,10H,4,8-9,14H2,1-3H3,(H,15,18). The smallest absolute Gasteiger partial charge is 0.269 e. The van der Waals surface area contributed by atoms with Gasteiger partial charge in [0.1, 0.15) is 5.69 Å². The van der Waals surface area contributed by atoms with Crippen molar-refractivity contribution in [2.24, 2.45) is 5.73 Å². The third-order valence-corrected chi connectivity index (χ3v) is 2.64. The van der Waals surface area contributed by atoms with Crippen LogP contribution in [-0.4, -0.2) is 50.8 Å². The number of amides is 1. The van der Waals surface area contributed by atoms with Gasteiger partial charge in [-0.05, 0) is 19.1 Å². The van der Waals surface area contributed by atoms with E-state index in [1.165, 1.54) is 0 Å². The van der Waals surface area contributed by atoms with Crippen LogP contribution in [-0.2, 0) is 4.74 Å². The first-order valence-corrected chi connectivity index (χ1v) is 6.28. The van der Waals surface area contributed by atoms with Crippen LogP contribution >= 0.6 is 0 Å². The van der Waals surface area contributed by atoms with Gasteiger partial charge in [-0.15, -0.1) is 0 Å². The number of methoxy groups -OCH3 is 1. The van der Waals surface area contributed by atoms with Crippen LogP contribution in [0, 0.1) is 0 Å². The molecular formula is C13H22N4O2. The first-order valence-electron chi connectivity index (χ1n) is 6.28. The number of carbonyl (C=O) groups is 1. The van der Waals surface area contributed by atoms with Gasteiger partial charge < -0.3 is 20.7 Å². The summed E-state index contributed by atoms with van der Waals surface area (Å²) in [4.78, 5) is 17.7. The molecule has 3 N–H and O–H groups in total. The first kappa shape index (κ1) is 15.4. The zero-order chi connectivity index (χ0) is 14.3. The molecule has 1 amide bonds. The molecule has 1 rings (SSSR count).